The van der Waals surface area contributed by atoms with Gasteiger partial charge >= 0.3 is 23.9 Å². The molecule has 170 valence electrons. The minimum Gasteiger partial charge on any atom is -0.495 e. The monoisotopic (exact) mass is 439 g/mol. The van der Waals surface area contributed by atoms with Crippen LogP contribution in [0.25, 0.3) is 0 Å². The number of hydrogen-bond acceptors (Lipinski definition) is 10. The van der Waals surface area contributed by atoms with E-state index >= 15 is 0 Å². The van der Waals surface area contributed by atoms with E-state index in [1.54, 1.807) is 18.2 Å². The maximum atomic E-state index is 13.0. The van der Waals surface area contributed by atoms with E-state index in [1.807, 2.05) is 0 Å². The van der Waals surface area contributed by atoms with Gasteiger partial charge in [0.05, 0.1) is 12.8 Å². The minimum atomic E-state index is -1.74. The molecule has 0 aromatic heterocycles. The molecule has 1 aromatic rings. The third-order valence-electron chi connectivity index (χ3n) is 3.65. The quantitative estimate of drug-likeness (QED) is 0.414. The van der Waals surface area contributed by atoms with E-state index in [0.717, 1.165) is 27.7 Å². The molecule has 11 heteroatoms. The van der Waals surface area contributed by atoms with Gasteiger partial charge in [-0.05, 0) is 12.1 Å². The number of rotatable bonds is 10. The van der Waals surface area contributed by atoms with Crippen LogP contribution in [0.2, 0.25) is 0 Å². The Morgan fingerprint density at radius 2 is 1.42 bits per heavy atom. The van der Waals surface area contributed by atoms with E-state index in [4.69, 9.17) is 23.7 Å². The zero-order valence-electron chi connectivity index (χ0n) is 17.8. The van der Waals surface area contributed by atoms with Gasteiger partial charge in [-0.15, -0.1) is 0 Å². The number of para-hydroxylation sites is 2. The molecule has 1 amide bonds. The molecule has 1 aromatic carbocycles. The molecule has 3 atom stereocenters. The fourth-order valence-electron chi connectivity index (χ4n) is 2.53. The second-order valence-electron chi connectivity index (χ2n) is 6.24. The summed E-state index contributed by atoms with van der Waals surface area (Å²) in [6.45, 7) is 3.73. The highest BCUT2D eigenvalue weighted by Gasteiger charge is 2.42. The SMILES string of the molecule is COc1ccccc1NC(=O)[C@@H](OC(C)=O)[C@H](OC(C)=O)[C@H](COC(C)=O)OC(C)=O. The predicted molar refractivity (Wildman–Crippen MR) is 105 cm³/mol. The standard InChI is InChI=1S/C20H25NO10/c1-11(22)28-10-17(29-12(2)23)18(30-13(3)24)19(31-14(4)25)20(26)21-15-8-6-7-9-16(15)27-5/h6-9,17-19H,10H2,1-5H3,(H,21,26)/t17-,18+,19-/m0/s1. The van der Waals surface area contributed by atoms with Crippen LogP contribution < -0.4 is 10.1 Å². The van der Waals surface area contributed by atoms with Gasteiger partial charge in [0.1, 0.15) is 12.4 Å². The summed E-state index contributed by atoms with van der Waals surface area (Å²) in [7, 11) is 1.39. The highest BCUT2D eigenvalue weighted by molar-refractivity contribution is 5.97. The first kappa shape index (κ1) is 25.4. The smallest absolute Gasteiger partial charge is 0.303 e. The van der Waals surface area contributed by atoms with Crippen molar-refractivity contribution < 1.29 is 47.7 Å². The molecule has 31 heavy (non-hydrogen) atoms. The van der Waals surface area contributed by atoms with Crippen LogP contribution >= 0.6 is 0 Å². The maximum Gasteiger partial charge on any atom is 0.303 e. The van der Waals surface area contributed by atoms with Gasteiger partial charge in [-0.2, -0.15) is 0 Å². The largest absolute Gasteiger partial charge is 0.495 e. The van der Waals surface area contributed by atoms with Crippen molar-refractivity contribution >= 4 is 35.5 Å². The molecule has 0 saturated carbocycles. The minimum absolute atomic E-state index is 0.248. The summed E-state index contributed by atoms with van der Waals surface area (Å²) in [5, 5.41) is 2.51. The van der Waals surface area contributed by atoms with Crippen LogP contribution in [0, 0.1) is 0 Å². The first-order valence-corrected chi connectivity index (χ1v) is 9.14. The van der Waals surface area contributed by atoms with Gasteiger partial charge in [-0.3, -0.25) is 24.0 Å². The second kappa shape index (κ2) is 12.2. The third-order valence-corrected chi connectivity index (χ3v) is 3.65. The van der Waals surface area contributed by atoms with Crippen LogP contribution in [0.5, 0.6) is 5.75 Å². The molecule has 0 fully saturated rings. The van der Waals surface area contributed by atoms with E-state index in [9.17, 15) is 24.0 Å². The van der Waals surface area contributed by atoms with Crippen molar-refractivity contribution in [3.8, 4) is 5.75 Å². The lowest BCUT2D eigenvalue weighted by Gasteiger charge is -2.31. The lowest BCUT2D eigenvalue weighted by molar-refractivity contribution is -0.190. The van der Waals surface area contributed by atoms with E-state index in [0.29, 0.717) is 5.75 Å². The molecule has 0 unspecified atom stereocenters. The summed E-state index contributed by atoms with van der Waals surface area (Å²) in [5.74, 6) is -3.82. The first-order chi connectivity index (χ1) is 14.5. The predicted octanol–water partition coefficient (Wildman–Crippen LogP) is 0.992. The summed E-state index contributed by atoms with van der Waals surface area (Å²) >= 11 is 0. The van der Waals surface area contributed by atoms with Gasteiger partial charge in [0.15, 0.2) is 12.2 Å². The Hall–Kier alpha value is -3.63. The van der Waals surface area contributed by atoms with Crippen molar-refractivity contribution in [2.75, 3.05) is 19.0 Å². The molecule has 0 aliphatic heterocycles. The highest BCUT2D eigenvalue weighted by atomic mass is 16.6. The van der Waals surface area contributed by atoms with Gasteiger partial charge in [0.2, 0.25) is 6.10 Å². The number of amides is 1. The molecular weight excluding hydrogens is 414 g/mol. The van der Waals surface area contributed by atoms with Crippen LogP contribution in [-0.2, 0) is 42.9 Å². The molecule has 0 aliphatic carbocycles. The Bertz CT molecular complexity index is 822. The highest BCUT2D eigenvalue weighted by Crippen LogP contribution is 2.24. The number of methoxy groups -OCH3 is 1. The zero-order chi connectivity index (χ0) is 23.6. The molecule has 11 nitrogen and oxygen atoms in total. The van der Waals surface area contributed by atoms with Crippen LogP contribution in [0.4, 0.5) is 5.69 Å². The van der Waals surface area contributed by atoms with Crippen molar-refractivity contribution in [1.82, 2.24) is 0 Å². The molecular formula is C20H25NO10. The molecule has 0 heterocycles. The maximum absolute atomic E-state index is 13.0. The van der Waals surface area contributed by atoms with Gasteiger partial charge in [-0.1, -0.05) is 12.1 Å². The number of carbonyl (C=O) groups is 5. The number of hydrogen-bond donors (Lipinski definition) is 1. The molecule has 0 saturated heterocycles. The first-order valence-electron chi connectivity index (χ1n) is 9.14. The van der Waals surface area contributed by atoms with E-state index in [1.165, 1.54) is 13.2 Å². The number of carbonyl (C=O) groups excluding carboxylic acids is 5. The van der Waals surface area contributed by atoms with E-state index < -0.39 is 54.7 Å². The van der Waals surface area contributed by atoms with Crippen LogP contribution in [0.1, 0.15) is 27.7 Å². The van der Waals surface area contributed by atoms with Crippen molar-refractivity contribution in [2.24, 2.45) is 0 Å². The van der Waals surface area contributed by atoms with E-state index in [-0.39, 0.29) is 5.69 Å². The van der Waals surface area contributed by atoms with Gasteiger partial charge in [0.25, 0.3) is 5.91 Å². The lowest BCUT2D eigenvalue weighted by Crippen LogP contribution is -2.52. The molecule has 1 rings (SSSR count). The Morgan fingerprint density at radius 3 is 1.94 bits per heavy atom. The summed E-state index contributed by atoms with van der Waals surface area (Å²) in [6, 6.07) is 6.42. The Labute approximate surface area is 178 Å². The zero-order valence-corrected chi connectivity index (χ0v) is 17.8. The normalized spacial score (nSPS) is 13.1. The Morgan fingerprint density at radius 1 is 0.839 bits per heavy atom. The van der Waals surface area contributed by atoms with Crippen molar-refractivity contribution in [2.45, 2.75) is 46.0 Å². The van der Waals surface area contributed by atoms with Crippen LogP contribution in [0.3, 0.4) is 0 Å². The van der Waals surface area contributed by atoms with Crippen molar-refractivity contribution in [1.29, 1.82) is 0 Å². The number of benzene rings is 1. The van der Waals surface area contributed by atoms with Crippen LogP contribution in [0.15, 0.2) is 24.3 Å². The second-order valence-corrected chi connectivity index (χ2v) is 6.24. The average molecular weight is 439 g/mol. The molecule has 0 spiro atoms. The summed E-state index contributed by atoms with van der Waals surface area (Å²) in [4.78, 5) is 59.1. The van der Waals surface area contributed by atoms with Crippen molar-refractivity contribution in [3.05, 3.63) is 24.3 Å². The van der Waals surface area contributed by atoms with Gasteiger partial charge in [0, 0.05) is 27.7 Å². The topological polar surface area (TPSA) is 144 Å². The number of ether oxygens (including phenoxy) is 5. The van der Waals surface area contributed by atoms with Crippen LogP contribution in [-0.4, -0.2) is 61.8 Å². The summed E-state index contributed by atoms with van der Waals surface area (Å²) in [5.41, 5.74) is 0.248. The number of nitrogens with one attached hydrogen (secondary N) is 1. The fourth-order valence-corrected chi connectivity index (χ4v) is 2.53. The fraction of sp³-hybridized carbons (Fsp3) is 0.450. The molecule has 0 bridgehead atoms. The lowest BCUT2D eigenvalue weighted by atomic mass is 10.1. The third kappa shape index (κ3) is 8.72. The molecule has 0 radical (unpaired) electrons. The number of esters is 4. The average Bonchev–Trinajstić information content (AvgIpc) is 2.67. The Kier molecular flexibility index (Phi) is 9.96. The Balaban J connectivity index is 3.33. The van der Waals surface area contributed by atoms with E-state index in [2.05, 4.69) is 5.32 Å². The van der Waals surface area contributed by atoms with Gasteiger partial charge < -0.3 is 29.0 Å². The number of anilines is 1. The van der Waals surface area contributed by atoms with Gasteiger partial charge in [-0.25, -0.2) is 0 Å². The molecule has 1 N–H and O–H groups in total. The summed E-state index contributed by atoms with van der Waals surface area (Å²) in [6.07, 6.45) is -4.79. The van der Waals surface area contributed by atoms with Crippen molar-refractivity contribution in [3.63, 3.8) is 0 Å². The summed E-state index contributed by atoms with van der Waals surface area (Å²) < 4.78 is 25.3. The molecule has 0 aliphatic rings.